The predicted molar refractivity (Wildman–Crippen MR) is 170 cm³/mol. The lowest BCUT2D eigenvalue weighted by atomic mass is 10.0. The molecule has 274 valence electrons. The molecule has 0 saturated carbocycles. The first kappa shape index (κ1) is 44.1. The van der Waals surface area contributed by atoms with E-state index >= 15 is 0 Å². The topological polar surface area (TPSA) is 243 Å². The second-order valence-electron chi connectivity index (χ2n) is 11.0. The highest BCUT2D eigenvalue weighted by Gasteiger charge is 2.26. The Labute approximate surface area is 277 Å². The molecule has 0 bridgehead atoms. The fraction of sp³-hybridized carbons (Fsp3) is 0.833. The fourth-order valence-electron chi connectivity index (χ4n) is 4.09. The van der Waals surface area contributed by atoms with E-state index in [1.54, 1.807) is 0 Å². The molecule has 17 nitrogen and oxygen atoms in total. The van der Waals surface area contributed by atoms with Gasteiger partial charge in [-0.25, -0.2) is 0 Å². The first-order valence-corrected chi connectivity index (χ1v) is 16.1. The van der Waals surface area contributed by atoms with Crippen LogP contribution in [0, 0.1) is 0 Å². The molecule has 0 aliphatic heterocycles. The number of rotatable bonds is 30. The van der Waals surface area contributed by atoms with Crippen LogP contribution in [0.3, 0.4) is 0 Å². The van der Waals surface area contributed by atoms with Crippen molar-refractivity contribution in [3.8, 4) is 0 Å². The Balaban J connectivity index is 5.31. The minimum atomic E-state index is -1.08. The summed E-state index contributed by atoms with van der Waals surface area (Å²) in [5, 5.41) is 39.6. The Morgan fingerprint density at radius 1 is 0.596 bits per heavy atom. The van der Waals surface area contributed by atoms with E-state index in [-0.39, 0.29) is 117 Å². The van der Waals surface area contributed by atoms with Crippen LogP contribution in [0.1, 0.15) is 59.3 Å². The molecule has 2 atom stereocenters. The molecule has 17 heteroatoms. The summed E-state index contributed by atoms with van der Waals surface area (Å²) >= 11 is 0. The van der Waals surface area contributed by atoms with Gasteiger partial charge in [-0.2, -0.15) is 0 Å². The van der Waals surface area contributed by atoms with E-state index in [4.69, 9.17) is 34.3 Å². The van der Waals surface area contributed by atoms with Crippen LogP contribution in [0.15, 0.2) is 0 Å². The summed E-state index contributed by atoms with van der Waals surface area (Å²) in [6.45, 7) is 6.83. The minimum Gasteiger partial charge on any atom is -0.394 e. The molecule has 0 rings (SSSR count). The number of aliphatic hydroxyl groups is 3. The SMILES string of the molecule is CCOC(C)(C)CCC(=O)NC(CCC(=O)NC(CCC(=O)NCCOCCO)C(=O)NCCOCCO)C(=O)NCCOCCO. The molecule has 0 spiro atoms. The lowest BCUT2D eigenvalue weighted by molar-refractivity contribution is -0.131. The summed E-state index contributed by atoms with van der Waals surface area (Å²) < 4.78 is 21.0. The maximum absolute atomic E-state index is 13.0. The van der Waals surface area contributed by atoms with Crippen LogP contribution < -0.4 is 26.6 Å². The van der Waals surface area contributed by atoms with Gasteiger partial charge >= 0.3 is 0 Å². The first-order chi connectivity index (χ1) is 22.5. The first-order valence-electron chi connectivity index (χ1n) is 16.1. The summed E-state index contributed by atoms with van der Waals surface area (Å²) in [6, 6.07) is -2.14. The number of hydrogen-bond donors (Lipinski definition) is 8. The van der Waals surface area contributed by atoms with E-state index in [1.165, 1.54) is 0 Å². The van der Waals surface area contributed by atoms with Crippen molar-refractivity contribution in [1.29, 1.82) is 0 Å². The van der Waals surface area contributed by atoms with Crippen molar-refractivity contribution in [1.82, 2.24) is 26.6 Å². The molecule has 0 aromatic carbocycles. The van der Waals surface area contributed by atoms with Gasteiger partial charge in [0.15, 0.2) is 0 Å². The molecule has 0 aromatic heterocycles. The molecule has 5 amide bonds. The summed E-state index contributed by atoms with van der Waals surface area (Å²) in [6.07, 6.45) is 0.0819. The number of amides is 5. The van der Waals surface area contributed by atoms with E-state index in [2.05, 4.69) is 26.6 Å². The molecule has 47 heavy (non-hydrogen) atoms. The Bertz CT molecular complexity index is 893. The molecule has 2 unspecified atom stereocenters. The zero-order valence-corrected chi connectivity index (χ0v) is 28.1. The van der Waals surface area contributed by atoms with Crippen LogP contribution in [0.5, 0.6) is 0 Å². The van der Waals surface area contributed by atoms with Crippen molar-refractivity contribution in [2.24, 2.45) is 0 Å². The van der Waals surface area contributed by atoms with Crippen molar-refractivity contribution in [2.75, 3.05) is 85.7 Å². The third-order valence-corrected chi connectivity index (χ3v) is 6.48. The normalized spacial score (nSPS) is 12.6. The number of carbonyl (C=O) groups is 5. The van der Waals surface area contributed by atoms with Crippen molar-refractivity contribution in [3.63, 3.8) is 0 Å². The standard InChI is InChI=1S/C30H57N5O12/c1-4-47-30(2,3)10-9-27(41)35-24(29(43)33-13-19-46-22-16-38)6-8-26(40)34-23(28(42)32-12-18-45-21-15-37)5-7-25(39)31-11-17-44-20-14-36/h23-24,36-38H,4-22H2,1-3H3,(H,31,39)(H,32,42)(H,33,43)(H,34,40)(H,35,41). The van der Waals surface area contributed by atoms with Gasteiger partial charge in [0, 0.05) is 45.5 Å². The third kappa shape index (κ3) is 24.8. The monoisotopic (exact) mass is 679 g/mol. The second-order valence-corrected chi connectivity index (χ2v) is 11.0. The van der Waals surface area contributed by atoms with Gasteiger partial charge in [-0.05, 0) is 40.0 Å². The number of aliphatic hydroxyl groups excluding tert-OH is 3. The summed E-state index contributed by atoms with van der Waals surface area (Å²) in [5.41, 5.74) is -0.543. The van der Waals surface area contributed by atoms with Gasteiger partial charge in [0.2, 0.25) is 29.5 Å². The maximum atomic E-state index is 13.0. The van der Waals surface area contributed by atoms with Crippen LogP contribution in [0.25, 0.3) is 0 Å². The zero-order chi connectivity index (χ0) is 35.3. The van der Waals surface area contributed by atoms with E-state index in [1.807, 2.05) is 20.8 Å². The largest absolute Gasteiger partial charge is 0.394 e. The van der Waals surface area contributed by atoms with E-state index in [0.717, 1.165) is 0 Å². The van der Waals surface area contributed by atoms with Crippen molar-refractivity contribution >= 4 is 29.5 Å². The fourth-order valence-corrected chi connectivity index (χ4v) is 4.09. The molecular formula is C30H57N5O12. The Kier molecular flexibility index (Phi) is 26.4. The van der Waals surface area contributed by atoms with Gasteiger partial charge in [0.25, 0.3) is 0 Å². The summed E-state index contributed by atoms with van der Waals surface area (Å²) in [7, 11) is 0. The lowest BCUT2D eigenvalue weighted by Gasteiger charge is -2.25. The van der Waals surface area contributed by atoms with Gasteiger partial charge in [0.05, 0.1) is 65.1 Å². The molecular weight excluding hydrogens is 622 g/mol. The molecule has 0 aromatic rings. The van der Waals surface area contributed by atoms with Crippen molar-refractivity contribution in [2.45, 2.75) is 77.0 Å². The quantitative estimate of drug-likeness (QED) is 0.0367. The molecule has 0 radical (unpaired) electrons. The minimum absolute atomic E-state index is 0.0253. The predicted octanol–water partition coefficient (Wildman–Crippen LogP) is -2.51. The Hall–Kier alpha value is -2.93. The highest BCUT2D eigenvalue weighted by Crippen LogP contribution is 2.16. The zero-order valence-electron chi connectivity index (χ0n) is 28.1. The molecule has 0 aliphatic rings. The average Bonchev–Trinajstić information content (AvgIpc) is 3.03. The van der Waals surface area contributed by atoms with E-state index in [9.17, 15) is 24.0 Å². The summed E-state index contributed by atoms with van der Waals surface area (Å²) in [4.78, 5) is 63.8. The third-order valence-electron chi connectivity index (χ3n) is 6.48. The van der Waals surface area contributed by atoms with Gasteiger partial charge in [-0.1, -0.05) is 0 Å². The summed E-state index contributed by atoms with van der Waals surface area (Å²) in [5.74, 6) is -2.42. The molecule has 8 N–H and O–H groups in total. The van der Waals surface area contributed by atoms with E-state index < -0.39 is 41.3 Å². The van der Waals surface area contributed by atoms with Gasteiger partial charge < -0.3 is 60.9 Å². The van der Waals surface area contributed by atoms with Gasteiger partial charge in [-0.3, -0.25) is 24.0 Å². The van der Waals surface area contributed by atoms with Gasteiger partial charge in [0.1, 0.15) is 12.1 Å². The Morgan fingerprint density at radius 3 is 1.43 bits per heavy atom. The second kappa shape index (κ2) is 28.1. The van der Waals surface area contributed by atoms with Crippen LogP contribution in [0.2, 0.25) is 0 Å². The van der Waals surface area contributed by atoms with Crippen LogP contribution in [0.4, 0.5) is 0 Å². The molecule has 0 heterocycles. The lowest BCUT2D eigenvalue weighted by Crippen LogP contribution is -2.50. The highest BCUT2D eigenvalue weighted by molar-refractivity contribution is 5.90. The number of carbonyl (C=O) groups excluding carboxylic acids is 5. The highest BCUT2D eigenvalue weighted by atomic mass is 16.5. The average molecular weight is 680 g/mol. The molecule has 0 saturated heterocycles. The van der Waals surface area contributed by atoms with Crippen LogP contribution >= 0.6 is 0 Å². The number of nitrogens with one attached hydrogen (secondary N) is 5. The van der Waals surface area contributed by atoms with Gasteiger partial charge in [-0.15, -0.1) is 0 Å². The van der Waals surface area contributed by atoms with Crippen LogP contribution in [-0.2, 0) is 42.9 Å². The molecule has 0 fully saturated rings. The number of hydrogen-bond acceptors (Lipinski definition) is 12. The van der Waals surface area contributed by atoms with Crippen molar-refractivity contribution < 1.29 is 58.2 Å². The smallest absolute Gasteiger partial charge is 0.242 e. The van der Waals surface area contributed by atoms with E-state index in [0.29, 0.717) is 13.0 Å². The Morgan fingerprint density at radius 2 is 1.00 bits per heavy atom. The number of ether oxygens (including phenoxy) is 4. The van der Waals surface area contributed by atoms with Crippen LogP contribution in [-0.4, -0.2) is 148 Å². The van der Waals surface area contributed by atoms with Crippen molar-refractivity contribution in [3.05, 3.63) is 0 Å². The molecule has 0 aliphatic carbocycles. The maximum Gasteiger partial charge on any atom is 0.242 e.